The highest BCUT2D eigenvalue weighted by Crippen LogP contribution is 2.72. The molecule has 4 aliphatic rings. The largest absolute Gasteiger partial charge is 0.472 e. The molecule has 47 heavy (non-hydrogen) atoms. The minimum Gasteiger partial charge on any atom is -0.388 e. The number of nitrogens with one attached hydrogen (secondary N) is 1. The Morgan fingerprint density at radius 3 is 2.77 bits per heavy atom. The monoisotopic (exact) mass is 713 g/mol. The van der Waals surface area contributed by atoms with Crippen molar-refractivity contribution in [1.82, 2.24) is 33.9 Å². The standard InChI is InChI=1S/C24H29N9O11P2S/c1-39-15-9-4-40-45(2,36)44-19-14(34)13(33-7-29-12-20(25)27-6-28-21(12)33)8-3-24(8,19)5-41-46(37,38)43-16(15)17(42-9)18-10-11(32-47-18)22(35)31-23(26)30-10/h6-9,13-17,19,34H,3-5H2,1-2H3,(H,37,38)(H2,25,27,28)(H3,26,30,31,35)/t8-,9-,13-,14+,15-,16-,17-,19+,24?,45?/m1/s1. The smallest absolute Gasteiger partial charge is 0.388 e. The molecule has 4 aromatic heterocycles. The Bertz CT molecular complexity index is 2060. The Morgan fingerprint density at radius 2 is 1.98 bits per heavy atom. The number of imidazole rings is 1. The Balaban J connectivity index is 1.15. The third-order valence-electron chi connectivity index (χ3n) is 9.28. The first kappa shape index (κ1) is 31.3. The van der Waals surface area contributed by atoms with Gasteiger partial charge in [-0.1, -0.05) is 0 Å². The summed E-state index contributed by atoms with van der Waals surface area (Å²) in [6.07, 6.45) is -3.84. The van der Waals surface area contributed by atoms with Gasteiger partial charge in [0.05, 0.1) is 30.5 Å². The van der Waals surface area contributed by atoms with Crippen LogP contribution in [0, 0.1) is 11.3 Å². The number of nitrogens with zero attached hydrogens (tertiary/aromatic N) is 6. The summed E-state index contributed by atoms with van der Waals surface area (Å²) in [5.41, 5.74) is 10.9. The van der Waals surface area contributed by atoms with Gasteiger partial charge in [-0.3, -0.25) is 23.4 Å². The molecule has 2 saturated heterocycles. The predicted octanol–water partition coefficient (Wildman–Crippen LogP) is 0.501. The van der Waals surface area contributed by atoms with Gasteiger partial charge < -0.3 is 44.6 Å². The molecular weight excluding hydrogens is 684 g/mol. The van der Waals surface area contributed by atoms with Crippen LogP contribution in [0.15, 0.2) is 17.4 Å². The summed E-state index contributed by atoms with van der Waals surface area (Å²) in [6.45, 7) is 0.481. The number of hydrogen-bond acceptors (Lipinski definition) is 18. The maximum Gasteiger partial charge on any atom is 0.472 e. The van der Waals surface area contributed by atoms with Crippen LogP contribution in [0.1, 0.15) is 23.4 Å². The van der Waals surface area contributed by atoms with E-state index in [4.69, 9.17) is 39.0 Å². The van der Waals surface area contributed by atoms with Crippen molar-refractivity contribution in [3.05, 3.63) is 27.9 Å². The van der Waals surface area contributed by atoms with E-state index in [1.54, 1.807) is 4.57 Å². The molecule has 1 spiro atoms. The number of ether oxygens (including phenoxy) is 2. The molecule has 2 saturated carbocycles. The number of H-pyrrole nitrogens is 1. The molecule has 11 atom stereocenters. The summed E-state index contributed by atoms with van der Waals surface area (Å²) in [6, 6.07) is -0.695. The third kappa shape index (κ3) is 4.95. The highest BCUT2D eigenvalue weighted by atomic mass is 32.1. The molecule has 20 nitrogen and oxygen atoms in total. The van der Waals surface area contributed by atoms with Gasteiger partial charge in [-0.05, 0) is 23.9 Å². The van der Waals surface area contributed by atoms with E-state index >= 15 is 0 Å². The van der Waals surface area contributed by atoms with Crippen molar-refractivity contribution < 1.29 is 46.7 Å². The van der Waals surface area contributed by atoms with Crippen molar-refractivity contribution in [2.45, 2.75) is 49.1 Å². The SMILES string of the molecule is CO[C@H]1[C@H]2OP(=O)(O)OCC34C[C@@H]3[C@@H](n3cnc5c(N)ncnc53)[C@H](O)[C@@H]4OP(C)(=O)OC[C@H]1O[C@H]2c1snc2c(=O)[nH]c(N)nc12. The van der Waals surface area contributed by atoms with E-state index in [9.17, 15) is 23.9 Å². The summed E-state index contributed by atoms with van der Waals surface area (Å²) < 4.78 is 68.4. The van der Waals surface area contributed by atoms with Crippen LogP contribution in [0.3, 0.4) is 0 Å². The summed E-state index contributed by atoms with van der Waals surface area (Å²) in [4.78, 5) is 42.9. The number of phosphoric acid groups is 1. The van der Waals surface area contributed by atoms with Crippen molar-refractivity contribution in [3.8, 4) is 0 Å². The highest BCUT2D eigenvalue weighted by molar-refractivity contribution is 7.53. The summed E-state index contributed by atoms with van der Waals surface area (Å²) in [7, 11) is -7.51. The van der Waals surface area contributed by atoms with Crippen molar-refractivity contribution >= 4 is 60.9 Å². The number of anilines is 2. The average Bonchev–Trinajstić information content (AvgIpc) is 3.30. The number of aliphatic hydroxyl groups excluding tert-OH is 1. The Hall–Kier alpha value is -2.94. The lowest BCUT2D eigenvalue weighted by Crippen LogP contribution is -2.38. The van der Waals surface area contributed by atoms with E-state index in [1.165, 1.54) is 26.4 Å². The second kappa shape index (κ2) is 10.8. The zero-order valence-electron chi connectivity index (χ0n) is 24.6. The number of methoxy groups -OCH3 is 1. The fourth-order valence-corrected chi connectivity index (χ4v) is 10.2. The van der Waals surface area contributed by atoms with Gasteiger partial charge in [0, 0.05) is 19.2 Å². The van der Waals surface area contributed by atoms with Gasteiger partial charge >= 0.3 is 15.4 Å². The first-order valence-corrected chi connectivity index (χ1v) is 18.6. The second-order valence-corrected chi connectivity index (χ2v) is 16.2. The molecule has 2 bridgehead atoms. The van der Waals surface area contributed by atoms with Crippen LogP contribution in [0.4, 0.5) is 11.8 Å². The van der Waals surface area contributed by atoms with E-state index in [2.05, 4.69) is 29.3 Å². The number of fused-ring (bicyclic) bond motifs is 4. The molecule has 4 aromatic rings. The summed E-state index contributed by atoms with van der Waals surface area (Å²) in [5, 5.41) is 11.6. The first-order valence-electron chi connectivity index (χ1n) is 14.3. The van der Waals surface area contributed by atoms with Gasteiger partial charge in [0.25, 0.3) is 5.56 Å². The number of aliphatic hydroxyl groups is 1. The fourth-order valence-electron chi connectivity index (χ4n) is 7.13. The molecule has 2 aliphatic heterocycles. The lowest BCUT2D eigenvalue weighted by atomic mass is 10.0. The number of aromatic nitrogens is 7. The average molecular weight is 714 g/mol. The van der Waals surface area contributed by atoms with E-state index < -0.39 is 75.7 Å². The van der Waals surface area contributed by atoms with Crippen LogP contribution < -0.4 is 17.0 Å². The Labute approximate surface area is 268 Å². The predicted molar refractivity (Wildman–Crippen MR) is 161 cm³/mol. The topological polar surface area (TPSA) is 284 Å². The Kier molecular flexibility index (Phi) is 7.19. The number of rotatable bonds is 3. The number of phosphoric ester groups is 1. The molecule has 8 rings (SSSR count). The van der Waals surface area contributed by atoms with Crippen molar-refractivity contribution in [2.75, 3.05) is 38.5 Å². The highest BCUT2D eigenvalue weighted by Gasteiger charge is 2.74. The van der Waals surface area contributed by atoms with Gasteiger partial charge in [-0.2, -0.15) is 4.37 Å². The molecule has 4 fully saturated rings. The van der Waals surface area contributed by atoms with Crippen molar-refractivity contribution in [3.63, 3.8) is 0 Å². The Morgan fingerprint density at radius 1 is 1.17 bits per heavy atom. The van der Waals surface area contributed by atoms with Crippen LogP contribution in [-0.4, -0.2) is 101 Å². The zero-order chi connectivity index (χ0) is 33.0. The number of aromatic amines is 1. The molecule has 23 heteroatoms. The minimum atomic E-state index is -4.90. The van der Waals surface area contributed by atoms with Crippen LogP contribution in [0.5, 0.6) is 0 Å². The van der Waals surface area contributed by atoms with Gasteiger partial charge in [-0.15, -0.1) is 0 Å². The van der Waals surface area contributed by atoms with Gasteiger partial charge in [0.15, 0.2) is 17.0 Å². The summed E-state index contributed by atoms with van der Waals surface area (Å²) >= 11 is 0.866. The molecule has 252 valence electrons. The van der Waals surface area contributed by atoms with E-state index in [1.807, 2.05) is 0 Å². The number of hydrogen-bond donors (Lipinski definition) is 5. The second-order valence-electron chi connectivity index (χ2n) is 12.0. The molecule has 3 unspecified atom stereocenters. The van der Waals surface area contributed by atoms with E-state index in [-0.39, 0.29) is 40.2 Å². The first-order chi connectivity index (χ1) is 22.3. The van der Waals surface area contributed by atoms with Crippen LogP contribution in [0.2, 0.25) is 0 Å². The van der Waals surface area contributed by atoms with Gasteiger partial charge in [0.1, 0.15) is 54.0 Å². The van der Waals surface area contributed by atoms with Crippen LogP contribution >= 0.6 is 27.0 Å². The zero-order valence-corrected chi connectivity index (χ0v) is 27.2. The van der Waals surface area contributed by atoms with Gasteiger partial charge in [-0.25, -0.2) is 24.5 Å². The third-order valence-corrected chi connectivity index (χ3v) is 12.4. The maximum atomic E-state index is 13.9. The van der Waals surface area contributed by atoms with Crippen LogP contribution in [-0.2, 0) is 36.7 Å². The van der Waals surface area contributed by atoms with Crippen molar-refractivity contribution in [2.24, 2.45) is 11.3 Å². The maximum absolute atomic E-state index is 13.9. The molecule has 0 amide bonds. The molecule has 2 aliphatic carbocycles. The molecule has 7 N–H and O–H groups in total. The molecule has 0 radical (unpaired) electrons. The summed E-state index contributed by atoms with van der Waals surface area (Å²) in [5.74, 6) is -0.395. The van der Waals surface area contributed by atoms with Crippen LogP contribution in [0.25, 0.3) is 22.2 Å². The molecular formula is C24H29N9O11P2S. The van der Waals surface area contributed by atoms with Gasteiger partial charge in [0.2, 0.25) is 5.95 Å². The normalized spacial score (nSPS) is 40.4. The quantitative estimate of drug-likeness (QED) is 0.181. The lowest BCUT2D eigenvalue weighted by Gasteiger charge is -2.31. The number of nitrogens with two attached hydrogens (primary N) is 2. The fraction of sp³-hybridized carbons (Fsp3) is 0.583. The van der Waals surface area contributed by atoms with E-state index in [0.29, 0.717) is 17.6 Å². The molecule has 0 aromatic carbocycles. The van der Waals surface area contributed by atoms with E-state index in [0.717, 1.165) is 11.5 Å². The lowest BCUT2D eigenvalue weighted by molar-refractivity contribution is -0.0437. The van der Waals surface area contributed by atoms with Crippen molar-refractivity contribution in [1.29, 1.82) is 0 Å². The number of nitrogen functional groups attached to an aromatic ring is 2. The minimum absolute atomic E-state index is 0.0152. The molecule has 6 heterocycles.